The lowest BCUT2D eigenvalue weighted by Crippen LogP contribution is -2.29. The Morgan fingerprint density at radius 2 is 2.25 bits per heavy atom. The Morgan fingerprint density at radius 3 is 2.67 bits per heavy atom. The van der Waals surface area contributed by atoms with E-state index in [0.717, 1.165) is 4.88 Å². The van der Waals surface area contributed by atoms with Crippen LogP contribution in [0.5, 0.6) is 0 Å². The topological polar surface area (TPSA) is 59.1 Å². The summed E-state index contributed by atoms with van der Waals surface area (Å²) in [6.45, 7) is 3.90. The molecule has 0 saturated carbocycles. The van der Waals surface area contributed by atoms with Crippen LogP contribution in [0.2, 0.25) is 0 Å². The second-order valence-corrected chi connectivity index (χ2v) is 4.08. The molecule has 0 amide bonds. The first-order chi connectivity index (χ1) is 5.63. The van der Waals surface area contributed by atoms with E-state index in [4.69, 9.17) is 5.73 Å². The van der Waals surface area contributed by atoms with Gasteiger partial charge in [0.05, 0.1) is 17.7 Å². The summed E-state index contributed by atoms with van der Waals surface area (Å²) in [7, 11) is 0. The molecule has 0 spiro atoms. The minimum Gasteiger partial charge on any atom is -0.391 e. The van der Waals surface area contributed by atoms with Crippen LogP contribution in [0.4, 0.5) is 0 Å². The molecule has 4 heteroatoms. The van der Waals surface area contributed by atoms with Gasteiger partial charge in [-0.15, -0.1) is 11.3 Å². The summed E-state index contributed by atoms with van der Waals surface area (Å²) in [5, 5.41) is 9.62. The molecule has 0 bridgehead atoms. The van der Waals surface area contributed by atoms with Crippen LogP contribution in [-0.2, 0) is 0 Å². The van der Waals surface area contributed by atoms with Crippen molar-refractivity contribution in [3.05, 3.63) is 16.6 Å². The predicted octanol–water partition coefficient (Wildman–Crippen LogP) is 1.16. The fourth-order valence-electron chi connectivity index (χ4n) is 0.973. The molecule has 0 aliphatic rings. The van der Waals surface area contributed by atoms with Crippen molar-refractivity contribution in [2.75, 3.05) is 0 Å². The van der Waals surface area contributed by atoms with E-state index >= 15 is 0 Å². The van der Waals surface area contributed by atoms with Crippen molar-refractivity contribution >= 4 is 11.3 Å². The zero-order valence-electron chi connectivity index (χ0n) is 7.27. The van der Waals surface area contributed by atoms with Crippen LogP contribution in [0.1, 0.15) is 24.8 Å². The van der Waals surface area contributed by atoms with Gasteiger partial charge in [0.2, 0.25) is 0 Å². The van der Waals surface area contributed by atoms with E-state index in [9.17, 15) is 5.11 Å². The van der Waals surface area contributed by atoms with Crippen molar-refractivity contribution in [1.82, 2.24) is 4.98 Å². The first-order valence-electron chi connectivity index (χ1n) is 3.95. The molecule has 3 nitrogen and oxygen atoms in total. The Bertz CT molecular complexity index is 223. The normalized spacial score (nSPS) is 16.4. The molecule has 0 radical (unpaired) electrons. The van der Waals surface area contributed by atoms with E-state index in [1.807, 2.05) is 13.8 Å². The van der Waals surface area contributed by atoms with Crippen molar-refractivity contribution in [3.8, 4) is 0 Å². The average Bonchev–Trinajstić information content (AvgIpc) is 2.53. The van der Waals surface area contributed by atoms with Crippen molar-refractivity contribution in [3.63, 3.8) is 0 Å². The van der Waals surface area contributed by atoms with Crippen molar-refractivity contribution in [1.29, 1.82) is 0 Å². The molecular weight excluding hydrogens is 172 g/mol. The molecular formula is C8H14N2OS. The molecule has 2 atom stereocenters. The molecule has 0 aliphatic carbocycles. The number of nitrogens with two attached hydrogens (primary N) is 1. The highest BCUT2D eigenvalue weighted by molar-refractivity contribution is 7.09. The lowest BCUT2D eigenvalue weighted by atomic mass is 10.00. The summed E-state index contributed by atoms with van der Waals surface area (Å²) in [4.78, 5) is 4.85. The first-order valence-corrected chi connectivity index (χ1v) is 4.83. The van der Waals surface area contributed by atoms with Gasteiger partial charge < -0.3 is 10.8 Å². The van der Waals surface area contributed by atoms with Gasteiger partial charge in [-0.3, -0.25) is 4.98 Å². The molecule has 0 saturated heterocycles. The number of aliphatic hydroxyl groups excluding tert-OH is 1. The van der Waals surface area contributed by atoms with Crippen LogP contribution in [0.3, 0.4) is 0 Å². The van der Waals surface area contributed by atoms with E-state index in [1.54, 1.807) is 11.7 Å². The summed E-state index contributed by atoms with van der Waals surface area (Å²) in [6, 6.07) is -0.294. The predicted molar refractivity (Wildman–Crippen MR) is 49.9 cm³/mol. The van der Waals surface area contributed by atoms with Crippen LogP contribution < -0.4 is 5.73 Å². The molecule has 2 unspecified atom stereocenters. The molecule has 1 heterocycles. The van der Waals surface area contributed by atoms with Crippen LogP contribution in [-0.4, -0.2) is 16.2 Å². The number of aromatic nitrogens is 1. The molecule has 0 aliphatic heterocycles. The second kappa shape index (κ2) is 3.98. The maximum absolute atomic E-state index is 9.62. The first kappa shape index (κ1) is 9.64. The summed E-state index contributed by atoms with van der Waals surface area (Å²) in [6.07, 6.45) is 1.23. The molecule has 12 heavy (non-hydrogen) atoms. The van der Waals surface area contributed by atoms with Crippen molar-refractivity contribution < 1.29 is 5.11 Å². The number of rotatable bonds is 3. The SMILES string of the molecule is CC(C)C(O)C(N)c1cncs1. The van der Waals surface area contributed by atoms with E-state index in [2.05, 4.69) is 4.98 Å². The molecule has 1 aromatic rings. The monoisotopic (exact) mass is 186 g/mol. The van der Waals surface area contributed by atoms with E-state index < -0.39 is 6.10 Å². The summed E-state index contributed by atoms with van der Waals surface area (Å²) < 4.78 is 0. The third-order valence-corrected chi connectivity index (χ3v) is 2.71. The van der Waals surface area contributed by atoms with Gasteiger partial charge in [-0.1, -0.05) is 13.8 Å². The molecule has 1 aromatic heterocycles. The number of aliphatic hydroxyl groups is 1. The molecule has 1 rings (SSSR count). The van der Waals surface area contributed by atoms with Crippen LogP contribution in [0.25, 0.3) is 0 Å². The van der Waals surface area contributed by atoms with E-state index in [-0.39, 0.29) is 12.0 Å². The Morgan fingerprint density at radius 1 is 1.58 bits per heavy atom. The molecule has 0 aromatic carbocycles. The second-order valence-electron chi connectivity index (χ2n) is 3.16. The Labute approximate surface area is 76.3 Å². The summed E-state index contributed by atoms with van der Waals surface area (Å²) >= 11 is 1.48. The number of hydrogen-bond acceptors (Lipinski definition) is 4. The highest BCUT2D eigenvalue weighted by Crippen LogP contribution is 2.21. The zero-order chi connectivity index (χ0) is 9.14. The number of thiazole rings is 1. The van der Waals surface area contributed by atoms with Gasteiger partial charge in [0.15, 0.2) is 0 Å². The number of hydrogen-bond donors (Lipinski definition) is 2. The van der Waals surface area contributed by atoms with Gasteiger partial charge >= 0.3 is 0 Å². The Balaban J connectivity index is 2.65. The standard InChI is InChI=1S/C8H14N2OS/c1-5(2)8(11)7(9)6-3-10-4-12-6/h3-5,7-8,11H,9H2,1-2H3. The van der Waals surface area contributed by atoms with E-state index in [0.29, 0.717) is 0 Å². The average molecular weight is 186 g/mol. The van der Waals surface area contributed by atoms with Crippen molar-refractivity contribution in [2.45, 2.75) is 26.0 Å². The minimum atomic E-state index is -0.481. The summed E-state index contributed by atoms with van der Waals surface area (Å²) in [5.74, 6) is 0.182. The fourth-order valence-corrected chi connectivity index (χ4v) is 1.63. The largest absolute Gasteiger partial charge is 0.391 e. The Hall–Kier alpha value is -0.450. The lowest BCUT2D eigenvalue weighted by Gasteiger charge is -2.20. The van der Waals surface area contributed by atoms with Gasteiger partial charge in [-0.25, -0.2) is 0 Å². The Kier molecular flexibility index (Phi) is 3.20. The van der Waals surface area contributed by atoms with Gasteiger partial charge in [0.1, 0.15) is 0 Å². The summed E-state index contributed by atoms with van der Waals surface area (Å²) in [5.41, 5.74) is 7.53. The molecule has 3 N–H and O–H groups in total. The van der Waals surface area contributed by atoms with E-state index in [1.165, 1.54) is 11.3 Å². The number of nitrogens with zero attached hydrogens (tertiary/aromatic N) is 1. The van der Waals surface area contributed by atoms with Crippen LogP contribution in [0.15, 0.2) is 11.7 Å². The van der Waals surface area contributed by atoms with Crippen molar-refractivity contribution in [2.24, 2.45) is 11.7 Å². The van der Waals surface area contributed by atoms with Gasteiger partial charge in [-0.2, -0.15) is 0 Å². The van der Waals surface area contributed by atoms with Gasteiger partial charge in [-0.05, 0) is 5.92 Å². The third kappa shape index (κ3) is 2.03. The van der Waals surface area contributed by atoms with Gasteiger partial charge in [0, 0.05) is 11.1 Å². The quantitative estimate of drug-likeness (QED) is 0.744. The fraction of sp³-hybridized carbons (Fsp3) is 0.625. The minimum absolute atomic E-state index is 0.182. The highest BCUT2D eigenvalue weighted by atomic mass is 32.1. The molecule has 0 fully saturated rings. The molecule has 68 valence electrons. The highest BCUT2D eigenvalue weighted by Gasteiger charge is 2.20. The smallest absolute Gasteiger partial charge is 0.0794 e. The zero-order valence-corrected chi connectivity index (χ0v) is 8.08. The maximum atomic E-state index is 9.62. The van der Waals surface area contributed by atoms with Gasteiger partial charge in [0.25, 0.3) is 0 Å². The lowest BCUT2D eigenvalue weighted by molar-refractivity contribution is 0.0990. The third-order valence-electron chi connectivity index (χ3n) is 1.83. The van der Waals surface area contributed by atoms with Crippen LogP contribution in [0, 0.1) is 5.92 Å². The maximum Gasteiger partial charge on any atom is 0.0794 e. The van der Waals surface area contributed by atoms with Crippen LogP contribution >= 0.6 is 11.3 Å².